The lowest BCUT2D eigenvalue weighted by Gasteiger charge is -2.23. The molecule has 0 spiro atoms. The lowest BCUT2D eigenvalue weighted by Crippen LogP contribution is -2.40. The first kappa shape index (κ1) is 14.7. The largest absolute Gasteiger partial charge is 0.406 e. The van der Waals surface area contributed by atoms with Crippen molar-refractivity contribution in [1.82, 2.24) is 9.88 Å². The second-order valence-electron chi connectivity index (χ2n) is 3.42. The number of aliphatic hydroxyl groups excluding tert-OH is 1. The maximum Gasteiger partial charge on any atom is 0.406 e. The molecule has 1 N–H and O–H groups in total. The monoisotopic (exact) mass is 282 g/mol. The van der Waals surface area contributed by atoms with E-state index in [4.69, 9.17) is 16.7 Å². The number of nitrogens with zero attached hydrogens (tertiary/aromatic N) is 2. The van der Waals surface area contributed by atoms with Gasteiger partial charge in [0.25, 0.3) is 5.91 Å². The Balaban J connectivity index is 2.93. The third-order valence-corrected chi connectivity index (χ3v) is 2.36. The van der Waals surface area contributed by atoms with Crippen molar-refractivity contribution in [3.63, 3.8) is 0 Å². The molecule has 1 heterocycles. The van der Waals surface area contributed by atoms with Gasteiger partial charge in [-0.25, -0.2) is 0 Å². The molecule has 0 aliphatic carbocycles. The number of aliphatic hydroxyl groups is 1. The fraction of sp³-hybridized carbons (Fsp3) is 0.400. The number of halogens is 4. The molecule has 0 aliphatic heterocycles. The van der Waals surface area contributed by atoms with Gasteiger partial charge in [0.05, 0.1) is 17.2 Å². The summed E-state index contributed by atoms with van der Waals surface area (Å²) in [6.45, 7) is -2.44. The van der Waals surface area contributed by atoms with Gasteiger partial charge < -0.3 is 10.0 Å². The Kier molecular flexibility index (Phi) is 4.92. The fourth-order valence-corrected chi connectivity index (χ4v) is 1.48. The summed E-state index contributed by atoms with van der Waals surface area (Å²) >= 11 is 5.70. The number of carbonyl (C=O) groups is 1. The molecule has 1 amide bonds. The standard InChI is InChI=1S/C10H10ClF3N2O2/c11-8-1-2-15-5-7(8)9(18)16(3-4-17)6-10(12,13)14/h1-2,5,17H,3-4,6H2. The van der Waals surface area contributed by atoms with Crippen LogP contribution in [0.5, 0.6) is 0 Å². The SMILES string of the molecule is O=C(c1cnccc1Cl)N(CCO)CC(F)(F)F. The minimum Gasteiger partial charge on any atom is -0.395 e. The van der Waals surface area contributed by atoms with Crippen molar-refractivity contribution in [3.05, 3.63) is 29.0 Å². The molecule has 4 nitrogen and oxygen atoms in total. The van der Waals surface area contributed by atoms with E-state index >= 15 is 0 Å². The zero-order valence-electron chi connectivity index (χ0n) is 9.12. The van der Waals surface area contributed by atoms with Crippen molar-refractivity contribution in [3.8, 4) is 0 Å². The molecule has 1 aromatic heterocycles. The Morgan fingerprint density at radius 3 is 2.67 bits per heavy atom. The van der Waals surface area contributed by atoms with Gasteiger partial charge in [0.2, 0.25) is 0 Å². The summed E-state index contributed by atoms with van der Waals surface area (Å²) in [4.78, 5) is 15.9. The first-order valence-corrected chi connectivity index (χ1v) is 5.29. The number of rotatable bonds is 4. The topological polar surface area (TPSA) is 53.4 Å². The molecule has 0 aromatic carbocycles. The third-order valence-electron chi connectivity index (χ3n) is 2.03. The number of hydrogen-bond acceptors (Lipinski definition) is 3. The van der Waals surface area contributed by atoms with Gasteiger partial charge in [-0.3, -0.25) is 9.78 Å². The Hall–Kier alpha value is -1.34. The van der Waals surface area contributed by atoms with Crippen LogP contribution in [0.25, 0.3) is 0 Å². The predicted octanol–water partition coefficient (Wildman–Crippen LogP) is 1.73. The van der Waals surface area contributed by atoms with Gasteiger partial charge in [0.1, 0.15) is 6.54 Å². The van der Waals surface area contributed by atoms with Crippen LogP contribution in [0, 0.1) is 0 Å². The van der Waals surface area contributed by atoms with Crippen LogP contribution in [0.2, 0.25) is 5.02 Å². The second-order valence-corrected chi connectivity index (χ2v) is 3.83. The molecule has 0 unspecified atom stereocenters. The summed E-state index contributed by atoms with van der Waals surface area (Å²) in [7, 11) is 0. The van der Waals surface area contributed by atoms with E-state index in [2.05, 4.69) is 4.98 Å². The van der Waals surface area contributed by atoms with Crippen molar-refractivity contribution in [2.24, 2.45) is 0 Å². The van der Waals surface area contributed by atoms with Crippen LogP contribution < -0.4 is 0 Å². The van der Waals surface area contributed by atoms with E-state index in [0.29, 0.717) is 4.90 Å². The highest BCUT2D eigenvalue weighted by molar-refractivity contribution is 6.33. The van der Waals surface area contributed by atoms with Crippen molar-refractivity contribution < 1.29 is 23.1 Å². The van der Waals surface area contributed by atoms with Crippen molar-refractivity contribution in [2.75, 3.05) is 19.7 Å². The number of pyridine rings is 1. The summed E-state index contributed by atoms with van der Waals surface area (Å²) in [5.41, 5.74) is -0.128. The number of aromatic nitrogens is 1. The van der Waals surface area contributed by atoms with E-state index in [-0.39, 0.29) is 10.6 Å². The van der Waals surface area contributed by atoms with Gasteiger partial charge >= 0.3 is 6.18 Å². The molecule has 8 heteroatoms. The predicted molar refractivity (Wildman–Crippen MR) is 58.3 cm³/mol. The molecule has 0 bridgehead atoms. The number of carbonyl (C=O) groups excluding carboxylic acids is 1. The van der Waals surface area contributed by atoms with Gasteiger partial charge in [0.15, 0.2) is 0 Å². The van der Waals surface area contributed by atoms with Crippen LogP contribution in [0.1, 0.15) is 10.4 Å². The van der Waals surface area contributed by atoms with Crippen molar-refractivity contribution >= 4 is 17.5 Å². The first-order valence-electron chi connectivity index (χ1n) is 4.91. The van der Waals surface area contributed by atoms with Gasteiger partial charge in [-0.1, -0.05) is 11.6 Å². The molecule has 100 valence electrons. The summed E-state index contributed by atoms with van der Waals surface area (Å²) in [5.74, 6) is -0.917. The van der Waals surface area contributed by atoms with E-state index in [9.17, 15) is 18.0 Å². The molecule has 1 rings (SSSR count). The van der Waals surface area contributed by atoms with E-state index in [1.54, 1.807) is 0 Å². The summed E-state index contributed by atoms with van der Waals surface area (Å²) < 4.78 is 36.8. The lowest BCUT2D eigenvalue weighted by molar-refractivity contribution is -0.141. The second kappa shape index (κ2) is 6.01. The van der Waals surface area contributed by atoms with Gasteiger partial charge in [0, 0.05) is 18.9 Å². The van der Waals surface area contributed by atoms with Gasteiger partial charge in [-0.15, -0.1) is 0 Å². The van der Waals surface area contributed by atoms with Crippen molar-refractivity contribution in [2.45, 2.75) is 6.18 Å². The average molecular weight is 283 g/mol. The van der Waals surface area contributed by atoms with Gasteiger partial charge in [-0.2, -0.15) is 13.2 Å². The molecular formula is C10H10ClF3N2O2. The minimum atomic E-state index is -4.54. The molecule has 0 fully saturated rings. The highest BCUT2D eigenvalue weighted by atomic mass is 35.5. The van der Waals surface area contributed by atoms with Crippen LogP contribution in [0.3, 0.4) is 0 Å². The number of alkyl halides is 3. The molecule has 1 aromatic rings. The normalized spacial score (nSPS) is 11.4. The van der Waals surface area contributed by atoms with E-state index in [0.717, 1.165) is 6.20 Å². The first-order chi connectivity index (χ1) is 8.35. The fourth-order valence-electron chi connectivity index (χ4n) is 1.29. The van der Waals surface area contributed by atoms with Crippen LogP contribution in [0.4, 0.5) is 13.2 Å². The lowest BCUT2D eigenvalue weighted by atomic mass is 10.2. The Morgan fingerprint density at radius 1 is 1.50 bits per heavy atom. The van der Waals surface area contributed by atoms with Crippen LogP contribution in [-0.4, -0.2) is 46.8 Å². The summed E-state index contributed by atoms with van der Waals surface area (Å²) in [6, 6.07) is 1.31. The quantitative estimate of drug-likeness (QED) is 0.915. The minimum absolute atomic E-state index is 0.0140. The molecule has 0 saturated carbocycles. The number of amides is 1. The average Bonchev–Trinajstić information content (AvgIpc) is 2.26. The summed E-state index contributed by atoms with van der Waals surface area (Å²) in [5, 5.41) is 8.70. The highest BCUT2D eigenvalue weighted by Crippen LogP contribution is 2.20. The molecule has 0 atom stereocenters. The highest BCUT2D eigenvalue weighted by Gasteiger charge is 2.33. The number of hydrogen-bond donors (Lipinski definition) is 1. The van der Waals surface area contributed by atoms with Crippen LogP contribution in [0.15, 0.2) is 18.5 Å². The zero-order chi connectivity index (χ0) is 13.8. The zero-order valence-corrected chi connectivity index (χ0v) is 9.87. The summed E-state index contributed by atoms with van der Waals surface area (Å²) in [6.07, 6.45) is -2.13. The molecule has 0 radical (unpaired) electrons. The Bertz CT molecular complexity index is 426. The smallest absolute Gasteiger partial charge is 0.395 e. The molecular weight excluding hydrogens is 273 g/mol. The van der Waals surface area contributed by atoms with Gasteiger partial charge in [-0.05, 0) is 6.07 Å². The van der Waals surface area contributed by atoms with E-state index in [1.807, 2.05) is 0 Å². The Labute approximate surface area is 106 Å². The maximum absolute atomic E-state index is 12.3. The third kappa shape index (κ3) is 4.15. The molecule has 18 heavy (non-hydrogen) atoms. The van der Waals surface area contributed by atoms with E-state index in [1.165, 1.54) is 12.3 Å². The van der Waals surface area contributed by atoms with Crippen LogP contribution in [-0.2, 0) is 0 Å². The van der Waals surface area contributed by atoms with Crippen LogP contribution >= 0.6 is 11.6 Å². The van der Waals surface area contributed by atoms with Crippen molar-refractivity contribution in [1.29, 1.82) is 0 Å². The van der Waals surface area contributed by atoms with E-state index < -0.39 is 31.8 Å². The molecule has 0 saturated heterocycles. The maximum atomic E-state index is 12.3. The molecule has 0 aliphatic rings. The Morgan fingerprint density at radius 2 is 2.17 bits per heavy atom.